The second-order valence-electron chi connectivity index (χ2n) is 5.26. The van der Waals surface area contributed by atoms with Crippen molar-refractivity contribution in [1.29, 1.82) is 0 Å². The zero-order valence-electron chi connectivity index (χ0n) is 12.0. The van der Waals surface area contributed by atoms with Crippen LogP contribution in [0.3, 0.4) is 0 Å². The Morgan fingerprint density at radius 3 is 2.22 bits per heavy atom. The highest BCUT2D eigenvalue weighted by atomic mass is 32.2. The number of aryl methyl sites for hydroxylation is 2. The van der Waals surface area contributed by atoms with Gasteiger partial charge in [0, 0.05) is 13.1 Å². The third kappa shape index (κ3) is 2.92. The van der Waals surface area contributed by atoms with E-state index in [1.54, 1.807) is 20.9 Å². The van der Waals surface area contributed by atoms with Crippen molar-refractivity contribution in [1.82, 2.24) is 14.5 Å². The number of H-pyrrole nitrogens is 1. The molecule has 0 saturated carbocycles. The molecule has 0 aliphatic rings. The lowest BCUT2D eigenvalue weighted by Crippen LogP contribution is -2.36. The monoisotopic (exact) mass is 273 g/mol. The van der Waals surface area contributed by atoms with E-state index in [9.17, 15) is 8.42 Å². The largest absolute Gasteiger partial charge is 0.281 e. The summed E-state index contributed by atoms with van der Waals surface area (Å²) >= 11 is 0. The van der Waals surface area contributed by atoms with E-state index in [2.05, 4.69) is 24.0 Å². The quantitative estimate of drug-likeness (QED) is 0.893. The minimum atomic E-state index is -3.46. The van der Waals surface area contributed by atoms with Crippen LogP contribution in [0, 0.1) is 19.8 Å². The van der Waals surface area contributed by atoms with Gasteiger partial charge in [0.1, 0.15) is 4.90 Å². The van der Waals surface area contributed by atoms with Crippen LogP contribution in [-0.4, -0.2) is 36.0 Å². The average molecular weight is 273 g/mol. The van der Waals surface area contributed by atoms with Crippen molar-refractivity contribution < 1.29 is 8.42 Å². The lowest BCUT2D eigenvalue weighted by molar-refractivity contribution is 0.337. The zero-order valence-corrected chi connectivity index (χ0v) is 12.8. The summed E-state index contributed by atoms with van der Waals surface area (Å²) in [5, 5.41) is 6.68. The lowest BCUT2D eigenvalue weighted by atomic mass is 10.1. The summed E-state index contributed by atoms with van der Waals surface area (Å²) in [6.45, 7) is 9.55. The second kappa shape index (κ2) is 5.40. The van der Waals surface area contributed by atoms with Crippen LogP contribution in [0.4, 0.5) is 0 Å². The minimum absolute atomic E-state index is 0.0244. The molecular weight excluding hydrogens is 250 g/mol. The van der Waals surface area contributed by atoms with Crippen molar-refractivity contribution >= 4 is 10.0 Å². The molecule has 1 unspecified atom stereocenters. The van der Waals surface area contributed by atoms with Gasteiger partial charge < -0.3 is 0 Å². The van der Waals surface area contributed by atoms with E-state index in [0.717, 1.165) is 6.42 Å². The third-order valence-electron chi connectivity index (χ3n) is 3.13. The predicted molar refractivity (Wildman–Crippen MR) is 71.9 cm³/mol. The highest BCUT2D eigenvalue weighted by Gasteiger charge is 2.30. The van der Waals surface area contributed by atoms with Crippen LogP contribution < -0.4 is 0 Å². The first kappa shape index (κ1) is 15.2. The van der Waals surface area contributed by atoms with Crippen LogP contribution in [0.1, 0.15) is 38.6 Å². The maximum atomic E-state index is 12.5. The predicted octanol–water partition coefficient (Wildman–Crippen LogP) is 2.08. The molecule has 0 radical (unpaired) electrons. The minimum Gasteiger partial charge on any atom is -0.281 e. The van der Waals surface area contributed by atoms with E-state index in [0.29, 0.717) is 22.2 Å². The molecule has 0 aliphatic heterocycles. The maximum Gasteiger partial charge on any atom is 0.246 e. The van der Waals surface area contributed by atoms with Crippen molar-refractivity contribution in [3.05, 3.63) is 11.4 Å². The van der Waals surface area contributed by atoms with Gasteiger partial charge in [0.25, 0.3) is 0 Å². The fourth-order valence-electron chi connectivity index (χ4n) is 2.13. The summed E-state index contributed by atoms with van der Waals surface area (Å²) in [5.41, 5.74) is 1.12. The van der Waals surface area contributed by atoms with Crippen LogP contribution in [-0.2, 0) is 10.0 Å². The first-order valence-electron chi connectivity index (χ1n) is 6.17. The van der Waals surface area contributed by atoms with Crippen LogP contribution in [0.15, 0.2) is 4.90 Å². The summed E-state index contributed by atoms with van der Waals surface area (Å²) in [4.78, 5) is 0.306. The number of aromatic amines is 1. The summed E-state index contributed by atoms with van der Waals surface area (Å²) in [6, 6.07) is -0.0244. The van der Waals surface area contributed by atoms with Crippen LogP contribution in [0.2, 0.25) is 0 Å². The lowest BCUT2D eigenvalue weighted by Gasteiger charge is -2.25. The normalized spacial score (nSPS) is 14.4. The van der Waals surface area contributed by atoms with Gasteiger partial charge in [-0.25, -0.2) is 8.42 Å². The van der Waals surface area contributed by atoms with Gasteiger partial charge in [-0.3, -0.25) is 5.10 Å². The molecular formula is C12H23N3O2S. The van der Waals surface area contributed by atoms with E-state index in [1.165, 1.54) is 4.31 Å². The topological polar surface area (TPSA) is 66.1 Å². The third-order valence-corrected chi connectivity index (χ3v) is 5.37. The summed E-state index contributed by atoms with van der Waals surface area (Å²) in [6.07, 6.45) is 0.839. The standard InChI is InChI=1S/C12H23N3O2S/c1-8(2)7-9(3)15(6)18(16,17)12-10(4)13-14-11(12)5/h8-9H,7H2,1-6H3,(H,13,14). The summed E-state index contributed by atoms with van der Waals surface area (Å²) in [5.74, 6) is 0.462. The first-order chi connectivity index (χ1) is 8.17. The Morgan fingerprint density at radius 1 is 1.28 bits per heavy atom. The van der Waals surface area contributed by atoms with Gasteiger partial charge in [0.2, 0.25) is 10.0 Å². The van der Waals surface area contributed by atoms with Crippen molar-refractivity contribution in [2.75, 3.05) is 7.05 Å². The van der Waals surface area contributed by atoms with Gasteiger partial charge >= 0.3 is 0 Å². The Kier molecular flexibility index (Phi) is 4.55. The number of aromatic nitrogens is 2. The van der Waals surface area contributed by atoms with Crippen molar-refractivity contribution in [3.63, 3.8) is 0 Å². The Morgan fingerprint density at radius 2 is 1.83 bits per heavy atom. The number of nitrogens with one attached hydrogen (secondary N) is 1. The Balaban J connectivity index is 3.08. The van der Waals surface area contributed by atoms with E-state index in [4.69, 9.17) is 0 Å². The molecule has 0 fully saturated rings. The molecule has 5 nitrogen and oxygen atoms in total. The molecule has 0 saturated heterocycles. The molecule has 18 heavy (non-hydrogen) atoms. The second-order valence-corrected chi connectivity index (χ2v) is 7.20. The van der Waals surface area contributed by atoms with E-state index in [-0.39, 0.29) is 6.04 Å². The number of sulfonamides is 1. The average Bonchev–Trinajstić information content (AvgIpc) is 2.56. The van der Waals surface area contributed by atoms with Gasteiger partial charge in [-0.1, -0.05) is 13.8 Å². The SMILES string of the molecule is Cc1n[nH]c(C)c1S(=O)(=O)N(C)C(C)CC(C)C. The molecule has 0 spiro atoms. The summed E-state index contributed by atoms with van der Waals surface area (Å²) in [7, 11) is -1.83. The highest BCUT2D eigenvalue weighted by Crippen LogP contribution is 2.23. The Bertz CT molecular complexity index is 486. The zero-order chi connectivity index (χ0) is 14.1. The molecule has 1 heterocycles. The van der Waals surface area contributed by atoms with Gasteiger partial charge in [-0.15, -0.1) is 0 Å². The fraction of sp³-hybridized carbons (Fsp3) is 0.750. The fourth-order valence-corrected chi connectivity index (χ4v) is 3.83. The molecule has 6 heteroatoms. The van der Waals surface area contributed by atoms with Crippen molar-refractivity contribution in [2.45, 2.75) is 52.0 Å². The smallest absolute Gasteiger partial charge is 0.246 e. The molecule has 1 aromatic heterocycles. The van der Waals surface area contributed by atoms with Gasteiger partial charge in [0.15, 0.2) is 0 Å². The summed E-state index contributed by atoms with van der Waals surface area (Å²) < 4.78 is 26.5. The first-order valence-corrected chi connectivity index (χ1v) is 7.61. The molecule has 0 amide bonds. The molecule has 0 aromatic carbocycles. The molecule has 1 N–H and O–H groups in total. The molecule has 1 aromatic rings. The molecule has 104 valence electrons. The molecule has 1 atom stereocenters. The molecule has 0 aliphatic carbocycles. The van der Waals surface area contributed by atoms with Crippen LogP contribution >= 0.6 is 0 Å². The maximum absolute atomic E-state index is 12.5. The van der Waals surface area contributed by atoms with E-state index >= 15 is 0 Å². The van der Waals surface area contributed by atoms with Crippen LogP contribution in [0.25, 0.3) is 0 Å². The number of hydrogen-bond donors (Lipinski definition) is 1. The Labute approximate surface area is 110 Å². The number of rotatable bonds is 5. The van der Waals surface area contributed by atoms with Gasteiger partial charge in [0.05, 0.1) is 11.4 Å². The van der Waals surface area contributed by atoms with Crippen molar-refractivity contribution in [3.8, 4) is 0 Å². The van der Waals surface area contributed by atoms with E-state index < -0.39 is 10.0 Å². The Hall–Kier alpha value is -0.880. The van der Waals surface area contributed by atoms with E-state index in [1.807, 2.05) is 6.92 Å². The van der Waals surface area contributed by atoms with Crippen molar-refractivity contribution in [2.24, 2.45) is 5.92 Å². The van der Waals surface area contributed by atoms with Crippen LogP contribution in [0.5, 0.6) is 0 Å². The van der Waals surface area contributed by atoms with Gasteiger partial charge in [-0.2, -0.15) is 9.40 Å². The molecule has 0 bridgehead atoms. The number of hydrogen-bond acceptors (Lipinski definition) is 3. The molecule has 1 rings (SSSR count). The highest BCUT2D eigenvalue weighted by molar-refractivity contribution is 7.89. The number of nitrogens with zero attached hydrogens (tertiary/aromatic N) is 2. The van der Waals surface area contributed by atoms with Gasteiger partial charge in [-0.05, 0) is 33.1 Å².